The predicted octanol–water partition coefficient (Wildman–Crippen LogP) is 5.73. The minimum Gasteiger partial charge on any atom is -0.490 e. The number of ether oxygens (including phenoxy) is 2. The van der Waals surface area contributed by atoms with Gasteiger partial charge in [-0.1, -0.05) is 38.3 Å². The second kappa shape index (κ2) is 10.7. The molecule has 2 rings (SSSR count). The number of hydrogen-bond acceptors (Lipinski definition) is 4. The van der Waals surface area contributed by atoms with Crippen LogP contribution in [0.4, 0.5) is 0 Å². The number of benzene rings is 1. The molecule has 0 aliphatic rings. The Balaban J connectivity index is 2.18. The van der Waals surface area contributed by atoms with Gasteiger partial charge in [0.2, 0.25) is 0 Å². The summed E-state index contributed by atoms with van der Waals surface area (Å²) in [6.45, 7) is 5.28. The van der Waals surface area contributed by atoms with E-state index >= 15 is 0 Å². The van der Waals surface area contributed by atoms with Crippen LogP contribution in [0.25, 0.3) is 11.6 Å². The van der Waals surface area contributed by atoms with Crippen molar-refractivity contribution < 1.29 is 19.4 Å². The van der Waals surface area contributed by atoms with Crippen LogP contribution in [-0.4, -0.2) is 24.3 Å². The van der Waals surface area contributed by atoms with Crippen LogP contribution in [0.1, 0.15) is 50.0 Å². The van der Waals surface area contributed by atoms with Gasteiger partial charge in [-0.25, -0.2) is 4.79 Å². The number of thiophene rings is 1. The van der Waals surface area contributed by atoms with E-state index < -0.39 is 5.97 Å². The zero-order chi connectivity index (χ0) is 18.8. The SMILES string of the molecule is CCCCCCOc1ccc(/C=C(\C(=O)O)c2cccs2)cc1OCC. The molecule has 0 saturated carbocycles. The van der Waals surface area contributed by atoms with Crippen LogP contribution >= 0.6 is 11.3 Å². The lowest BCUT2D eigenvalue weighted by Crippen LogP contribution is -2.02. The quantitative estimate of drug-likeness (QED) is 0.403. The highest BCUT2D eigenvalue weighted by molar-refractivity contribution is 7.11. The topological polar surface area (TPSA) is 55.8 Å². The molecule has 1 N–H and O–H groups in total. The molecule has 0 amide bonds. The fraction of sp³-hybridized carbons (Fsp3) is 0.381. The molecular formula is C21H26O4S. The molecule has 0 fully saturated rings. The lowest BCUT2D eigenvalue weighted by molar-refractivity contribution is -0.130. The lowest BCUT2D eigenvalue weighted by atomic mass is 10.1. The molecule has 0 radical (unpaired) electrons. The second-order valence-electron chi connectivity index (χ2n) is 5.89. The first-order valence-corrected chi connectivity index (χ1v) is 9.92. The fourth-order valence-corrected chi connectivity index (χ4v) is 3.28. The Labute approximate surface area is 159 Å². The largest absolute Gasteiger partial charge is 0.490 e. The average molecular weight is 375 g/mol. The Morgan fingerprint density at radius 3 is 2.62 bits per heavy atom. The van der Waals surface area contributed by atoms with Crippen molar-refractivity contribution >= 4 is 29.0 Å². The van der Waals surface area contributed by atoms with Gasteiger partial charge in [0.15, 0.2) is 11.5 Å². The normalized spacial score (nSPS) is 11.4. The molecule has 0 aliphatic heterocycles. The molecule has 2 aromatic rings. The standard InChI is InChI=1S/C21H26O4S/c1-3-5-6-7-12-25-18-11-10-16(15-19(18)24-4-2)14-17(21(22)23)20-9-8-13-26-20/h8-11,13-15H,3-7,12H2,1-2H3,(H,22,23)/b17-14-. The molecule has 1 aromatic heterocycles. The van der Waals surface area contributed by atoms with Crippen LogP contribution in [-0.2, 0) is 4.79 Å². The summed E-state index contributed by atoms with van der Waals surface area (Å²) in [5.74, 6) is 0.405. The van der Waals surface area contributed by atoms with E-state index in [1.165, 1.54) is 24.2 Å². The van der Waals surface area contributed by atoms with E-state index in [-0.39, 0.29) is 5.57 Å². The van der Waals surface area contributed by atoms with Crippen LogP contribution in [0.3, 0.4) is 0 Å². The number of hydrogen-bond donors (Lipinski definition) is 1. The molecule has 26 heavy (non-hydrogen) atoms. The van der Waals surface area contributed by atoms with Gasteiger partial charge < -0.3 is 14.6 Å². The summed E-state index contributed by atoms with van der Waals surface area (Å²) < 4.78 is 11.5. The third kappa shape index (κ3) is 5.92. The van der Waals surface area contributed by atoms with E-state index in [2.05, 4.69) is 6.92 Å². The molecule has 0 bridgehead atoms. The molecule has 0 saturated heterocycles. The monoisotopic (exact) mass is 374 g/mol. The van der Waals surface area contributed by atoms with Gasteiger partial charge >= 0.3 is 5.97 Å². The number of aliphatic carboxylic acids is 1. The Morgan fingerprint density at radius 2 is 1.96 bits per heavy atom. The number of carbonyl (C=O) groups is 1. The van der Waals surface area contributed by atoms with Gasteiger partial charge in [0.1, 0.15) is 0 Å². The third-order valence-electron chi connectivity index (χ3n) is 3.85. The van der Waals surface area contributed by atoms with Crippen molar-refractivity contribution in [2.24, 2.45) is 0 Å². The Hall–Kier alpha value is -2.27. The van der Waals surface area contributed by atoms with Gasteiger partial charge in [-0.3, -0.25) is 0 Å². The van der Waals surface area contributed by atoms with E-state index in [1.807, 2.05) is 42.6 Å². The maximum absolute atomic E-state index is 11.6. The highest BCUT2D eigenvalue weighted by Crippen LogP contribution is 2.31. The van der Waals surface area contributed by atoms with E-state index in [9.17, 15) is 9.90 Å². The average Bonchev–Trinajstić information content (AvgIpc) is 3.15. The summed E-state index contributed by atoms with van der Waals surface area (Å²) in [5, 5.41) is 11.4. The summed E-state index contributed by atoms with van der Waals surface area (Å²) in [6.07, 6.45) is 6.25. The first-order valence-electron chi connectivity index (χ1n) is 9.04. The summed E-state index contributed by atoms with van der Waals surface area (Å²) in [5.41, 5.74) is 1.05. The van der Waals surface area contributed by atoms with E-state index in [0.29, 0.717) is 24.7 Å². The van der Waals surface area contributed by atoms with Crippen molar-refractivity contribution in [3.05, 3.63) is 46.2 Å². The predicted molar refractivity (Wildman–Crippen MR) is 107 cm³/mol. The Kier molecular flexibility index (Phi) is 8.22. The Morgan fingerprint density at radius 1 is 1.12 bits per heavy atom. The highest BCUT2D eigenvalue weighted by atomic mass is 32.1. The van der Waals surface area contributed by atoms with E-state index in [0.717, 1.165) is 23.3 Å². The zero-order valence-electron chi connectivity index (χ0n) is 15.4. The van der Waals surface area contributed by atoms with E-state index in [1.54, 1.807) is 6.08 Å². The van der Waals surface area contributed by atoms with Gasteiger partial charge in [0.25, 0.3) is 0 Å². The highest BCUT2D eigenvalue weighted by Gasteiger charge is 2.13. The number of rotatable bonds is 11. The molecule has 140 valence electrons. The van der Waals surface area contributed by atoms with Crippen LogP contribution in [0.2, 0.25) is 0 Å². The molecule has 4 nitrogen and oxygen atoms in total. The Bertz CT molecular complexity index is 720. The first kappa shape index (κ1) is 20.0. The van der Waals surface area contributed by atoms with Crippen molar-refractivity contribution in [3.8, 4) is 11.5 Å². The summed E-state index contributed by atoms with van der Waals surface area (Å²) >= 11 is 1.41. The van der Waals surface area contributed by atoms with Gasteiger partial charge in [-0.2, -0.15) is 0 Å². The molecule has 0 aliphatic carbocycles. The molecule has 5 heteroatoms. The minimum atomic E-state index is -0.943. The minimum absolute atomic E-state index is 0.274. The van der Waals surface area contributed by atoms with Gasteiger partial charge in [0, 0.05) is 4.88 Å². The molecule has 0 unspecified atom stereocenters. The molecule has 0 atom stereocenters. The zero-order valence-corrected chi connectivity index (χ0v) is 16.2. The van der Waals surface area contributed by atoms with Gasteiger partial charge in [-0.15, -0.1) is 11.3 Å². The van der Waals surface area contributed by atoms with Gasteiger partial charge in [0.05, 0.1) is 18.8 Å². The van der Waals surface area contributed by atoms with Crippen molar-refractivity contribution in [2.75, 3.05) is 13.2 Å². The van der Waals surface area contributed by atoms with Crippen LogP contribution < -0.4 is 9.47 Å². The van der Waals surface area contributed by atoms with Crippen LogP contribution in [0.15, 0.2) is 35.7 Å². The third-order valence-corrected chi connectivity index (χ3v) is 4.75. The molecule has 1 aromatic carbocycles. The number of carboxylic acid groups (broad SMARTS) is 1. The summed E-state index contributed by atoms with van der Waals surface area (Å²) in [6, 6.07) is 9.20. The van der Waals surface area contributed by atoms with Crippen molar-refractivity contribution in [3.63, 3.8) is 0 Å². The van der Waals surface area contributed by atoms with Crippen molar-refractivity contribution in [1.29, 1.82) is 0 Å². The van der Waals surface area contributed by atoms with Crippen molar-refractivity contribution in [1.82, 2.24) is 0 Å². The molecule has 1 heterocycles. The van der Waals surface area contributed by atoms with Gasteiger partial charge in [-0.05, 0) is 48.6 Å². The summed E-state index contributed by atoms with van der Waals surface area (Å²) in [4.78, 5) is 12.3. The van der Waals surface area contributed by atoms with Crippen LogP contribution in [0.5, 0.6) is 11.5 Å². The fourth-order valence-electron chi connectivity index (χ4n) is 2.55. The molecule has 0 spiro atoms. The maximum Gasteiger partial charge on any atom is 0.337 e. The number of carboxylic acids is 1. The molecular weight excluding hydrogens is 348 g/mol. The van der Waals surface area contributed by atoms with Crippen molar-refractivity contribution in [2.45, 2.75) is 39.5 Å². The second-order valence-corrected chi connectivity index (χ2v) is 6.84. The lowest BCUT2D eigenvalue weighted by Gasteiger charge is -2.13. The van der Waals surface area contributed by atoms with E-state index in [4.69, 9.17) is 9.47 Å². The van der Waals surface area contributed by atoms with Crippen LogP contribution in [0, 0.1) is 0 Å². The first-order chi connectivity index (χ1) is 12.7. The maximum atomic E-state index is 11.6. The summed E-state index contributed by atoms with van der Waals surface area (Å²) in [7, 11) is 0. The number of unbranched alkanes of at least 4 members (excludes halogenated alkanes) is 3. The smallest absolute Gasteiger partial charge is 0.337 e.